The van der Waals surface area contributed by atoms with E-state index in [4.69, 9.17) is 4.74 Å². The Hall–Kier alpha value is -1.53. The molecule has 0 saturated carbocycles. The molecule has 0 atom stereocenters. The molecule has 1 saturated heterocycles. The second-order valence-corrected chi connectivity index (χ2v) is 11.0. The first-order chi connectivity index (χ1) is 13.0. The SMILES string of the molecule is Cc1cc(C(=O)NCCS(=O)(=O)N2CCOCC2)cc(S(=O)(=O)N(C)C)c1C. The number of rotatable bonds is 7. The molecule has 1 heterocycles. The van der Waals surface area contributed by atoms with E-state index in [1.165, 1.54) is 24.5 Å². The predicted molar refractivity (Wildman–Crippen MR) is 105 cm³/mol. The van der Waals surface area contributed by atoms with Crippen molar-refractivity contribution in [1.82, 2.24) is 13.9 Å². The second kappa shape index (κ2) is 8.87. The van der Waals surface area contributed by atoms with E-state index in [9.17, 15) is 21.6 Å². The number of hydrogen-bond donors (Lipinski definition) is 1. The molecule has 0 bridgehead atoms. The first-order valence-electron chi connectivity index (χ1n) is 8.84. The molecule has 1 aliphatic rings. The van der Waals surface area contributed by atoms with Crippen LogP contribution in [-0.2, 0) is 24.8 Å². The Morgan fingerprint density at radius 3 is 2.32 bits per heavy atom. The molecular weight excluding hydrogens is 406 g/mol. The monoisotopic (exact) mass is 433 g/mol. The van der Waals surface area contributed by atoms with Gasteiger partial charge in [0, 0.05) is 39.3 Å². The summed E-state index contributed by atoms with van der Waals surface area (Å²) in [7, 11) is -4.34. The van der Waals surface area contributed by atoms with Gasteiger partial charge in [-0.1, -0.05) is 0 Å². The second-order valence-electron chi connectivity index (χ2n) is 6.79. The largest absolute Gasteiger partial charge is 0.379 e. The first-order valence-corrected chi connectivity index (χ1v) is 11.9. The van der Waals surface area contributed by atoms with E-state index in [1.54, 1.807) is 19.9 Å². The standard InChI is InChI=1S/C17H27N3O6S2/c1-13-11-15(12-16(14(13)2)28(24,25)19(3)4)17(21)18-5-10-27(22,23)20-6-8-26-9-7-20/h11-12H,5-10H2,1-4H3,(H,18,21). The maximum absolute atomic E-state index is 12.5. The molecule has 0 radical (unpaired) electrons. The minimum atomic E-state index is -3.71. The van der Waals surface area contributed by atoms with Gasteiger partial charge in [0.1, 0.15) is 0 Å². The third-order valence-corrected chi connectivity index (χ3v) is 8.46. The summed E-state index contributed by atoms with van der Waals surface area (Å²) in [5, 5.41) is 2.56. The van der Waals surface area contributed by atoms with Crippen molar-refractivity contribution in [3.05, 3.63) is 28.8 Å². The van der Waals surface area contributed by atoms with Crippen LogP contribution in [0.2, 0.25) is 0 Å². The van der Waals surface area contributed by atoms with Crippen LogP contribution in [0, 0.1) is 13.8 Å². The van der Waals surface area contributed by atoms with Crippen LogP contribution < -0.4 is 5.32 Å². The van der Waals surface area contributed by atoms with Gasteiger partial charge in [-0.05, 0) is 37.1 Å². The molecule has 1 fully saturated rings. The smallest absolute Gasteiger partial charge is 0.251 e. The Balaban J connectivity index is 2.11. The van der Waals surface area contributed by atoms with Crippen LogP contribution >= 0.6 is 0 Å². The van der Waals surface area contributed by atoms with Crippen molar-refractivity contribution in [3.8, 4) is 0 Å². The third kappa shape index (κ3) is 5.09. The summed E-state index contributed by atoms with van der Waals surface area (Å²) >= 11 is 0. The first kappa shape index (κ1) is 22.8. The van der Waals surface area contributed by atoms with Gasteiger partial charge in [0.15, 0.2) is 0 Å². The molecule has 11 heteroatoms. The molecule has 0 spiro atoms. The van der Waals surface area contributed by atoms with Gasteiger partial charge in [-0.25, -0.2) is 21.1 Å². The molecule has 1 aromatic rings. The van der Waals surface area contributed by atoms with Crippen molar-refractivity contribution in [1.29, 1.82) is 0 Å². The van der Waals surface area contributed by atoms with Gasteiger partial charge in [-0.2, -0.15) is 4.31 Å². The van der Waals surface area contributed by atoms with Gasteiger partial charge in [0.05, 0.1) is 23.9 Å². The van der Waals surface area contributed by atoms with E-state index >= 15 is 0 Å². The Kier molecular flexibility index (Phi) is 7.21. The Morgan fingerprint density at radius 2 is 1.75 bits per heavy atom. The lowest BCUT2D eigenvalue weighted by Gasteiger charge is -2.26. The fourth-order valence-electron chi connectivity index (χ4n) is 2.77. The van der Waals surface area contributed by atoms with Gasteiger partial charge in [0.25, 0.3) is 5.91 Å². The summed E-state index contributed by atoms with van der Waals surface area (Å²) in [4.78, 5) is 12.5. The highest BCUT2D eigenvalue weighted by Crippen LogP contribution is 2.23. The van der Waals surface area contributed by atoms with E-state index in [2.05, 4.69) is 5.32 Å². The number of amides is 1. The van der Waals surface area contributed by atoms with Crippen molar-refractivity contribution in [2.75, 3.05) is 52.7 Å². The molecular formula is C17H27N3O6S2. The average molecular weight is 434 g/mol. The fraction of sp³-hybridized carbons (Fsp3) is 0.588. The van der Waals surface area contributed by atoms with Gasteiger partial charge < -0.3 is 10.1 Å². The van der Waals surface area contributed by atoms with Crippen LogP contribution in [0.5, 0.6) is 0 Å². The molecule has 1 aromatic carbocycles. The van der Waals surface area contributed by atoms with Gasteiger partial charge in [-0.3, -0.25) is 4.79 Å². The summed E-state index contributed by atoms with van der Waals surface area (Å²) in [5.41, 5.74) is 1.40. The summed E-state index contributed by atoms with van der Waals surface area (Å²) in [6.45, 7) is 4.67. The highest BCUT2D eigenvalue weighted by molar-refractivity contribution is 7.89. The van der Waals surface area contributed by atoms with Crippen molar-refractivity contribution in [2.45, 2.75) is 18.7 Å². The number of morpholine rings is 1. The number of carbonyl (C=O) groups excluding carboxylic acids is 1. The quantitative estimate of drug-likeness (QED) is 0.645. The normalized spacial score (nSPS) is 16.3. The van der Waals surface area contributed by atoms with Crippen molar-refractivity contribution in [2.24, 2.45) is 0 Å². The number of nitrogens with one attached hydrogen (secondary N) is 1. The molecule has 2 rings (SSSR count). The highest BCUT2D eigenvalue weighted by atomic mass is 32.2. The third-order valence-electron chi connectivity index (χ3n) is 4.65. The summed E-state index contributed by atoms with van der Waals surface area (Å²) in [5.74, 6) is -0.748. The van der Waals surface area contributed by atoms with Crippen molar-refractivity contribution >= 4 is 26.0 Å². The highest BCUT2D eigenvalue weighted by Gasteiger charge is 2.25. The van der Waals surface area contributed by atoms with E-state index in [1.807, 2.05) is 0 Å². The number of hydrogen-bond acceptors (Lipinski definition) is 6. The molecule has 0 aliphatic carbocycles. The molecule has 1 N–H and O–H groups in total. The molecule has 28 heavy (non-hydrogen) atoms. The van der Waals surface area contributed by atoms with Crippen LogP contribution in [0.4, 0.5) is 0 Å². The molecule has 1 amide bonds. The minimum absolute atomic E-state index is 0.0589. The summed E-state index contributed by atoms with van der Waals surface area (Å²) in [6.07, 6.45) is 0. The summed E-state index contributed by atoms with van der Waals surface area (Å²) < 4.78 is 57.2. The Bertz CT molecular complexity index is 936. The number of aryl methyl sites for hydroxylation is 1. The molecule has 158 valence electrons. The zero-order chi connectivity index (χ0) is 21.1. The van der Waals surface area contributed by atoms with Crippen LogP contribution in [0.25, 0.3) is 0 Å². The van der Waals surface area contributed by atoms with Crippen LogP contribution in [0.1, 0.15) is 21.5 Å². The van der Waals surface area contributed by atoms with E-state index in [-0.39, 0.29) is 22.8 Å². The topological polar surface area (TPSA) is 113 Å². The van der Waals surface area contributed by atoms with Crippen molar-refractivity contribution in [3.63, 3.8) is 0 Å². The lowest BCUT2D eigenvalue weighted by atomic mass is 10.1. The summed E-state index contributed by atoms with van der Waals surface area (Å²) in [6, 6.07) is 2.92. The van der Waals surface area contributed by atoms with Gasteiger partial charge >= 0.3 is 0 Å². The number of carbonyl (C=O) groups is 1. The average Bonchev–Trinajstić information content (AvgIpc) is 2.64. The van der Waals surface area contributed by atoms with Gasteiger partial charge in [-0.15, -0.1) is 0 Å². The van der Waals surface area contributed by atoms with Gasteiger partial charge in [0.2, 0.25) is 20.0 Å². The Morgan fingerprint density at radius 1 is 1.14 bits per heavy atom. The van der Waals surface area contributed by atoms with E-state index in [0.29, 0.717) is 37.4 Å². The van der Waals surface area contributed by atoms with E-state index < -0.39 is 26.0 Å². The number of nitrogens with zero attached hydrogens (tertiary/aromatic N) is 2. The van der Waals surface area contributed by atoms with Crippen LogP contribution in [-0.4, -0.2) is 84.0 Å². The zero-order valence-electron chi connectivity index (χ0n) is 16.6. The molecule has 9 nitrogen and oxygen atoms in total. The Labute approximate surface area is 166 Å². The number of benzene rings is 1. The van der Waals surface area contributed by atoms with Crippen molar-refractivity contribution < 1.29 is 26.4 Å². The molecule has 0 aromatic heterocycles. The number of sulfonamides is 2. The van der Waals surface area contributed by atoms with Crippen LogP contribution in [0.15, 0.2) is 17.0 Å². The maximum atomic E-state index is 12.5. The minimum Gasteiger partial charge on any atom is -0.379 e. The fourth-order valence-corrected chi connectivity index (χ4v) is 5.31. The molecule has 0 unspecified atom stereocenters. The number of ether oxygens (including phenoxy) is 1. The van der Waals surface area contributed by atoms with E-state index in [0.717, 1.165) is 4.31 Å². The predicted octanol–water partition coefficient (Wildman–Crippen LogP) is -0.0545. The lowest BCUT2D eigenvalue weighted by Crippen LogP contribution is -2.43. The van der Waals surface area contributed by atoms with Crippen LogP contribution in [0.3, 0.4) is 0 Å². The lowest BCUT2D eigenvalue weighted by molar-refractivity contribution is 0.0730. The maximum Gasteiger partial charge on any atom is 0.251 e. The zero-order valence-corrected chi connectivity index (χ0v) is 18.2. The molecule has 1 aliphatic heterocycles.